The third-order valence-electron chi connectivity index (χ3n) is 2.64. The summed E-state index contributed by atoms with van der Waals surface area (Å²) >= 11 is 5.80. The van der Waals surface area contributed by atoms with Crippen LogP contribution in [0, 0.1) is 0 Å². The van der Waals surface area contributed by atoms with E-state index in [0.29, 0.717) is 17.8 Å². The average molecular weight is 267 g/mol. The first-order valence-electron chi connectivity index (χ1n) is 5.91. The van der Waals surface area contributed by atoms with Gasteiger partial charge in [-0.05, 0) is 25.5 Å². The number of carbonyl (C=O) groups is 1. The maximum Gasteiger partial charge on any atom is 0.226 e. The first-order chi connectivity index (χ1) is 8.66. The predicted octanol–water partition coefficient (Wildman–Crippen LogP) is 2.50. The quantitative estimate of drug-likeness (QED) is 0.846. The van der Waals surface area contributed by atoms with Gasteiger partial charge in [0.15, 0.2) is 5.58 Å². The molecule has 1 aromatic carbocycles. The van der Waals surface area contributed by atoms with Gasteiger partial charge in [-0.2, -0.15) is 0 Å². The van der Waals surface area contributed by atoms with Crippen LogP contribution in [0.2, 0.25) is 0 Å². The summed E-state index contributed by atoms with van der Waals surface area (Å²) in [7, 11) is 0. The average Bonchev–Trinajstić information content (AvgIpc) is 2.72. The molecule has 5 heteroatoms. The molecule has 0 spiro atoms. The van der Waals surface area contributed by atoms with E-state index >= 15 is 0 Å². The Morgan fingerprint density at radius 2 is 2.28 bits per heavy atom. The molecule has 0 aliphatic carbocycles. The van der Waals surface area contributed by atoms with Crippen LogP contribution < -0.4 is 5.32 Å². The molecule has 96 valence electrons. The highest BCUT2D eigenvalue weighted by atomic mass is 35.5. The third kappa shape index (κ3) is 3.23. The van der Waals surface area contributed by atoms with Gasteiger partial charge in [-0.15, -0.1) is 11.6 Å². The van der Waals surface area contributed by atoms with Gasteiger partial charge >= 0.3 is 0 Å². The summed E-state index contributed by atoms with van der Waals surface area (Å²) in [5.74, 6) is -0.0635. The Hall–Kier alpha value is -1.55. The molecule has 1 amide bonds. The minimum absolute atomic E-state index is 0.0635. The van der Waals surface area contributed by atoms with Crippen molar-refractivity contribution in [2.45, 2.75) is 25.1 Å². The van der Waals surface area contributed by atoms with Crippen LogP contribution >= 0.6 is 11.6 Å². The monoisotopic (exact) mass is 266 g/mol. The molecule has 0 saturated carbocycles. The summed E-state index contributed by atoms with van der Waals surface area (Å²) in [5.41, 5.74) is 1.37. The fourth-order valence-electron chi connectivity index (χ4n) is 1.69. The fourth-order valence-corrected chi connectivity index (χ4v) is 1.80. The number of rotatable bonds is 5. The normalized spacial score (nSPS) is 12.6. The number of alkyl halides is 1. The van der Waals surface area contributed by atoms with Crippen LogP contribution in [0.15, 0.2) is 28.8 Å². The Balaban J connectivity index is 1.95. The highest BCUT2D eigenvalue weighted by Gasteiger charge is 2.11. The fraction of sp³-hybridized carbons (Fsp3) is 0.385. The molecule has 0 fully saturated rings. The molecule has 1 unspecified atom stereocenters. The molecular weight excluding hydrogens is 252 g/mol. The van der Waals surface area contributed by atoms with Gasteiger partial charge in [-0.25, -0.2) is 0 Å². The molecule has 0 saturated heterocycles. The topological polar surface area (TPSA) is 55.1 Å². The minimum atomic E-state index is -0.0635. The van der Waals surface area contributed by atoms with Gasteiger partial charge in [0.05, 0.1) is 6.42 Å². The van der Waals surface area contributed by atoms with Crippen LogP contribution in [0.25, 0.3) is 11.0 Å². The van der Waals surface area contributed by atoms with Gasteiger partial charge in [0.25, 0.3) is 0 Å². The summed E-state index contributed by atoms with van der Waals surface area (Å²) in [5, 5.41) is 7.68. The van der Waals surface area contributed by atoms with E-state index in [1.54, 1.807) is 0 Å². The van der Waals surface area contributed by atoms with Crippen LogP contribution in [-0.4, -0.2) is 23.0 Å². The number of aromatic nitrogens is 1. The van der Waals surface area contributed by atoms with E-state index in [-0.39, 0.29) is 17.7 Å². The second-order valence-corrected chi connectivity index (χ2v) is 4.97. The van der Waals surface area contributed by atoms with Crippen molar-refractivity contribution in [3.05, 3.63) is 30.0 Å². The molecule has 1 N–H and O–H groups in total. The SMILES string of the molecule is CC(Cl)CCNC(=O)Cc1noc2ccccc12. The number of para-hydroxylation sites is 1. The largest absolute Gasteiger partial charge is 0.356 e. The number of nitrogens with one attached hydrogen (secondary N) is 1. The van der Waals surface area contributed by atoms with E-state index in [9.17, 15) is 4.79 Å². The van der Waals surface area contributed by atoms with Gasteiger partial charge in [-0.1, -0.05) is 17.3 Å². The first-order valence-corrected chi connectivity index (χ1v) is 6.34. The van der Waals surface area contributed by atoms with Gasteiger partial charge in [0.1, 0.15) is 5.69 Å². The lowest BCUT2D eigenvalue weighted by molar-refractivity contribution is -0.120. The molecule has 18 heavy (non-hydrogen) atoms. The molecule has 1 aromatic heterocycles. The molecule has 4 nitrogen and oxygen atoms in total. The van der Waals surface area contributed by atoms with Crippen molar-refractivity contribution in [2.75, 3.05) is 6.54 Å². The van der Waals surface area contributed by atoms with Gasteiger partial charge < -0.3 is 9.84 Å². The zero-order chi connectivity index (χ0) is 13.0. The number of halogens is 1. The number of nitrogens with zero attached hydrogens (tertiary/aromatic N) is 1. The number of benzene rings is 1. The lowest BCUT2D eigenvalue weighted by Gasteiger charge is -2.04. The molecule has 0 bridgehead atoms. The maximum atomic E-state index is 11.7. The highest BCUT2D eigenvalue weighted by molar-refractivity contribution is 6.20. The van der Waals surface area contributed by atoms with Crippen LogP contribution in [0.3, 0.4) is 0 Å². The van der Waals surface area contributed by atoms with Gasteiger partial charge in [-0.3, -0.25) is 4.79 Å². The number of carbonyl (C=O) groups excluding carboxylic acids is 1. The van der Waals surface area contributed by atoms with E-state index in [0.717, 1.165) is 11.8 Å². The van der Waals surface area contributed by atoms with Crippen molar-refractivity contribution in [1.29, 1.82) is 0 Å². The van der Waals surface area contributed by atoms with E-state index < -0.39 is 0 Å². The van der Waals surface area contributed by atoms with Gasteiger partial charge in [0.2, 0.25) is 5.91 Å². The Bertz CT molecular complexity index is 537. The summed E-state index contributed by atoms with van der Waals surface area (Å²) in [6.45, 7) is 2.48. The lowest BCUT2D eigenvalue weighted by atomic mass is 10.1. The van der Waals surface area contributed by atoms with Crippen molar-refractivity contribution in [1.82, 2.24) is 10.5 Å². The summed E-state index contributed by atoms with van der Waals surface area (Å²) in [6.07, 6.45) is 0.987. The zero-order valence-corrected chi connectivity index (χ0v) is 10.9. The molecule has 0 radical (unpaired) electrons. The van der Waals surface area contributed by atoms with E-state index in [1.807, 2.05) is 31.2 Å². The van der Waals surface area contributed by atoms with Crippen LogP contribution in [0.1, 0.15) is 19.0 Å². The smallest absolute Gasteiger partial charge is 0.226 e. The predicted molar refractivity (Wildman–Crippen MR) is 70.7 cm³/mol. The van der Waals surface area contributed by atoms with E-state index in [2.05, 4.69) is 10.5 Å². The third-order valence-corrected chi connectivity index (χ3v) is 2.86. The molecule has 1 heterocycles. The highest BCUT2D eigenvalue weighted by Crippen LogP contribution is 2.17. The second kappa shape index (κ2) is 5.87. The Labute approximate surface area is 110 Å². The first kappa shape index (κ1) is 12.9. The maximum absolute atomic E-state index is 11.7. The summed E-state index contributed by atoms with van der Waals surface area (Å²) in [6, 6.07) is 7.50. The Morgan fingerprint density at radius 3 is 3.06 bits per heavy atom. The van der Waals surface area contributed by atoms with E-state index in [4.69, 9.17) is 16.1 Å². The summed E-state index contributed by atoms with van der Waals surface area (Å²) in [4.78, 5) is 11.7. The van der Waals surface area contributed by atoms with Crippen LogP contribution in [-0.2, 0) is 11.2 Å². The lowest BCUT2D eigenvalue weighted by Crippen LogP contribution is -2.27. The van der Waals surface area contributed by atoms with Crippen molar-refractivity contribution in [2.24, 2.45) is 0 Å². The second-order valence-electron chi connectivity index (χ2n) is 4.22. The number of amides is 1. The van der Waals surface area contributed by atoms with Crippen molar-refractivity contribution >= 4 is 28.5 Å². The van der Waals surface area contributed by atoms with Gasteiger partial charge in [0, 0.05) is 17.3 Å². The standard InChI is InChI=1S/C13H15ClN2O2/c1-9(14)6-7-15-13(17)8-11-10-4-2-3-5-12(10)18-16-11/h2-5,9H,6-8H2,1H3,(H,15,17). The van der Waals surface area contributed by atoms with Crippen molar-refractivity contribution in [3.8, 4) is 0 Å². The van der Waals surface area contributed by atoms with Crippen LogP contribution in [0.4, 0.5) is 0 Å². The molecule has 0 aliphatic rings. The van der Waals surface area contributed by atoms with Crippen LogP contribution in [0.5, 0.6) is 0 Å². The Kier molecular flexibility index (Phi) is 4.20. The molecule has 2 rings (SSSR count). The van der Waals surface area contributed by atoms with E-state index in [1.165, 1.54) is 0 Å². The van der Waals surface area contributed by atoms with Crippen molar-refractivity contribution < 1.29 is 9.32 Å². The number of hydrogen-bond donors (Lipinski definition) is 1. The Morgan fingerprint density at radius 1 is 1.50 bits per heavy atom. The number of fused-ring (bicyclic) bond motifs is 1. The minimum Gasteiger partial charge on any atom is -0.356 e. The molecular formula is C13H15ClN2O2. The van der Waals surface area contributed by atoms with Crippen molar-refractivity contribution in [3.63, 3.8) is 0 Å². The summed E-state index contributed by atoms with van der Waals surface area (Å²) < 4.78 is 5.14. The molecule has 0 aliphatic heterocycles. The number of hydrogen-bond acceptors (Lipinski definition) is 3. The molecule has 1 atom stereocenters. The molecule has 2 aromatic rings. The zero-order valence-electron chi connectivity index (χ0n) is 10.1.